The van der Waals surface area contributed by atoms with Gasteiger partial charge in [-0.2, -0.15) is 5.10 Å². The maximum Gasteiger partial charge on any atom is 0.224 e. The summed E-state index contributed by atoms with van der Waals surface area (Å²) in [5.41, 5.74) is 6.70. The Morgan fingerprint density at radius 2 is 1.94 bits per heavy atom. The Bertz CT molecular complexity index is 1700. The van der Waals surface area contributed by atoms with Crippen LogP contribution in [0, 0.1) is 5.92 Å². The zero-order valence-electron chi connectivity index (χ0n) is 19.7. The van der Waals surface area contributed by atoms with Gasteiger partial charge >= 0.3 is 0 Å². The highest BCUT2D eigenvalue weighted by molar-refractivity contribution is 7.13. The molecule has 0 aliphatic rings. The van der Waals surface area contributed by atoms with Crippen LogP contribution in [-0.2, 0) is 4.79 Å². The Morgan fingerprint density at radius 1 is 1.06 bits per heavy atom. The van der Waals surface area contributed by atoms with E-state index in [9.17, 15) is 4.79 Å². The highest BCUT2D eigenvalue weighted by Gasteiger charge is 2.16. The molecule has 0 spiro atoms. The zero-order chi connectivity index (χ0) is 24.6. The molecule has 6 heterocycles. The van der Waals surface area contributed by atoms with E-state index in [1.54, 1.807) is 29.9 Å². The lowest BCUT2D eigenvalue weighted by Crippen LogP contribution is -2.13. The first-order chi connectivity index (χ1) is 17.5. The van der Waals surface area contributed by atoms with Crippen molar-refractivity contribution in [2.45, 2.75) is 20.3 Å². The van der Waals surface area contributed by atoms with Gasteiger partial charge in [0.2, 0.25) is 5.91 Å². The minimum atomic E-state index is -0.0241. The Balaban J connectivity index is 1.38. The summed E-state index contributed by atoms with van der Waals surface area (Å²) in [4.78, 5) is 30.3. The number of hydrogen-bond donors (Lipinski definition) is 3. The van der Waals surface area contributed by atoms with Crippen molar-refractivity contribution in [2.75, 3.05) is 5.32 Å². The summed E-state index contributed by atoms with van der Waals surface area (Å²) in [7, 11) is 0. The molecular formula is C27H23N7OS. The van der Waals surface area contributed by atoms with Crippen molar-refractivity contribution >= 4 is 45.0 Å². The summed E-state index contributed by atoms with van der Waals surface area (Å²) in [6.45, 7) is 4.04. The van der Waals surface area contributed by atoms with Crippen LogP contribution in [0.3, 0.4) is 0 Å². The van der Waals surface area contributed by atoms with Crippen LogP contribution in [0.2, 0.25) is 0 Å². The van der Waals surface area contributed by atoms with E-state index in [1.807, 2.05) is 38.2 Å². The van der Waals surface area contributed by atoms with E-state index in [1.165, 1.54) is 4.88 Å². The van der Waals surface area contributed by atoms with Gasteiger partial charge in [0.25, 0.3) is 0 Å². The highest BCUT2D eigenvalue weighted by Crippen LogP contribution is 2.35. The molecule has 0 fully saturated rings. The molecule has 3 N–H and O–H groups in total. The van der Waals surface area contributed by atoms with E-state index in [0.717, 1.165) is 44.5 Å². The van der Waals surface area contributed by atoms with Crippen molar-refractivity contribution in [2.24, 2.45) is 5.92 Å². The van der Waals surface area contributed by atoms with E-state index >= 15 is 0 Å². The summed E-state index contributed by atoms with van der Waals surface area (Å²) >= 11 is 1.70. The fraction of sp³-hybridized carbons (Fsp3) is 0.148. The fourth-order valence-corrected chi connectivity index (χ4v) is 5.09. The summed E-state index contributed by atoms with van der Waals surface area (Å²) in [5.74, 6) is 0.262. The van der Waals surface area contributed by atoms with Crippen LogP contribution in [0.15, 0.2) is 66.6 Å². The third-order valence-corrected chi connectivity index (χ3v) is 6.85. The predicted molar refractivity (Wildman–Crippen MR) is 144 cm³/mol. The Morgan fingerprint density at radius 3 is 2.78 bits per heavy atom. The molecule has 8 nitrogen and oxygen atoms in total. The van der Waals surface area contributed by atoms with Gasteiger partial charge in [0.1, 0.15) is 5.65 Å². The molecule has 9 heteroatoms. The van der Waals surface area contributed by atoms with E-state index in [4.69, 9.17) is 0 Å². The smallest absolute Gasteiger partial charge is 0.224 e. The number of thiophene rings is 1. The molecule has 0 unspecified atom stereocenters. The summed E-state index contributed by atoms with van der Waals surface area (Å²) in [6, 6.07) is 12.3. The standard InChI is InChI=1S/C27H23N7OS/c1-15(2)8-24(35)31-18-9-16(12-28-14-18)17-10-21-25(33-34-27(21)30-13-17)22-11-20-19(23-4-3-7-36-23)5-6-29-26(20)32-22/h3-7,9-15H,8H2,1-2H3,(H,29,32)(H,31,35)(H,30,33,34). The second kappa shape index (κ2) is 9.01. The van der Waals surface area contributed by atoms with E-state index < -0.39 is 0 Å². The number of amides is 1. The van der Waals surface area contributed by atoms with Gasteiger partial charge in [-0.1, -0.05) is 19.9 Å². The maximum atomic E-state index is 12.2. The number of hydrogen-bond acceptors (Lipinski definition) is 6. The van der Waals surface area contributed by atoms with Crippen LogP contribution in [-0.4, -0.2) is 36.0 Å². The number of pyridine rings is 3. The van der Waals surface area contributed by atoms with Crippen molar-refractivity contribution in [3.05, 3.63) is 66.6 Å². The molecule has 0 aromatic carbocycles. The number of carbonyl (C=O) groups excluding carboxylic acids is 1. The van der Waals surface area contributed by atoms with Gasteiger partial charge in [-0.15, -0.1) is 11.3 Å². The first-order valence-electron chi connectivity index (χ1n) is 11.7. The van der Waals surface area contributed by atoms with Crippen LogP contribution >= 0.6 is 11.3 Å². The average Bonchev–Trinajstić information content (AvgIpc) is 3.62. The first-order valence-corrected chi connectivity index (χ1v) is 12.5. The third kappa shape index (κ3) is 4.14. The zero-order valence-corrected chi connectivity index (χ0v) is 20.6. The minimum absolute atomic E-state index is 0.0241. The molecule has 0 atom stereocenters. The lowest BCUT2D eigenvalue weighted by Gasteiger charge is -2.08. The van der Waals surface area contributed by atoms with E-state index in [-0.39, 0.29) is 11.8 Å². The number of carbonyl (C=O) groups is 1. The summed E-state index contributed by atoms with van der Waals surface area (Å²) in [6.07, 6.45) is 7.47. The van der Waals surface area contributed by atoms with Crippen molar-refractivity contribution < 1.29 is 4.79 Å². The predicted octanol–water partition coefficient (Wildman–Crippen LogP) is 6.28. The van der Waals surface area contributed by atoms with Crippen LogP contribution < -0.4 is 5.32 Å². The van der Waals surface area contributed by atoms with Crippen molar-refractivity contribution in [1.82, 2.24) is 30.1 Å². The first kappa shape index (κ1) is 22.1. The molecule has 0 bridgehead atoms. The molecule has 0 saturated heterocycles. The number of anilines is 1. The summed E-state index contributed by atoms with van der Waals surface area (Å²) in [5, 5.41) is 14.5. The number of fused-ring (bicyclic) bond motifs is 2. The molecule has 6 aromatic heterocycles. The summed E-state index contributed by atoms with van der Waals surface area (Å²) < 4.78 is 0. The third-order valence-electron chi connectivity index (χ3n) is 5.95. The molecule has 1 amide bonds. The van der Waals surface area contributed by atoms with Crippen LogP contribution in [0.5, 0.6) is 0 Å². The molecule has 36 heavy (non-hydrogen) atoms. The van der Waals surface area contributed by atoms with Gasteiger partial charge in [-0.25, -0.2) is 9.97 Å². The molecule has 6 aromatic rings. The number of nitrogens with one attached hydrogen (secondary N) is 3. The maximum absolute atomic E-state index is 12.2. The molecule has 0 aliphatic carbocycles. The second-order valence-electron chi connectivity index (χ2n) is 9.08. The fourth-order valence-electron chi connectivity index (χ4n) is 4.32. The van der Waals surface area contributed by atoms with Crippen molar-refractivity contribution in [3.8, 4) is 33.0 Å². The Labute approximate surface area is 210 Å². The van der Waals surface area contributed by atoms with Crippen molar-refractivity contribution in [1.29, 1.82) is 0 Å². The van der Waals surface area contributed by atoms with Crippen LogP contribution in [0.1, 0.15) is 20.3 Å². The number of aromatic amines is 2. The molecule has 0 aliphatic heterocycles. The van der Waals surface area contributed by atoms with E-state index in [2.05, 4.69) is 59.0 Å². The van der Waals surface area contributed by atoms with Gasteiger partial charge in [0, 0.05) is 57.4 Å². The number of H-pyrrole nitrogens is 2. The largest absolute Gasteiger partial charge is 0.338 e. The normalized spacial score (nSPS) is 11.5. The second-order valence-corrected chi connectivity index (χ2v) is 10.0. The Hall–Kier alpha value is -4.37. The van der Waals surface area contributed by atoms with Gasteiger partial charge < -0.3 is 10.3 Å². The average molecular weight is 494 g/mol. The minimum Gasteiger partial charge on any atom is -0.338 e. The van der Waals surface area contributed by atoms with E-state index in [0.29, 0.717) is 17.8 Å². The van der Waals surface area contributed by atoms with Gasteiger partial charge in [-0.05, 0) is 41.6 Å². The lowest BCUT2D eigenvalue weighted by atomic mass is 10.1. The molecular weight excluding hydrogens is 470 g/mol. The van der Waals surface area contributed by atoms with Crippen molar-refractivity contribution in [3.63, 3.8) is 0 Å². The quantitative estimate of drug-likeness (QED) is 0.253. The van der Waals surface area contributed by atoms with Gasteiger partial charge in [0.15, 0.2) is 5.65 Å². The molecule has 6 rings (SSSR count). The molecule has 0 radical (unpaired) electrons. The SMILES string of the molecule is CC(C)CC(=O)Nc1cncc(-c2cnc3n[nH]c(-c4cc5c(-c6cccs6)ccnc5[nH]4)c3c2)c1. The number of nitrogens with zero attached hydrogens (tertiary/aromatic N) is 4. The molecule has 0 saturated carbocycles. The number of rotatable bonds is 6. The monoisotopic (exact) mass is 493 g/mol. The Kier molecular flexibility index (Phi) is 5.54. The lowest BCUT2D eigenvalue weighted by molar-refractivity contribution is -0.116. The van der Waals surface area contributed by atoms with Crippen LogP contribution in [0.4, 0.5) is 5.69 Å². The molecule has 178 valence electrons. The highest BCUT2D eigenvalue weighted by atomic mass is 32.1. The van der Waals surface area contributed by atoms with Gasteiger partial charge in [0.05, 0.1) is 23.3 Å². The van der Waals surface area contributed by atoms with Gasteiger partial charge in [-0.3, -0.25) is 14.9 Å². The topological polar surface area (TPSA) is 112 Å². The number of aromatic nitrogens is 6. The van der Waals surface area contributed by atoms with Crippen LogP contribution in [0.25, 0.3) is 55.0 Å².